The molecule has 0 saturated heterocycles. The van der Waals surface area contributed by atoms with Crippen LogP contribution in [0.5, 0.6) is 0 Å². The fourth-order valence-electron chi connectivity index (χ4n) is 1.88. The molecule has 1 N–H and O–H groups in total. The number of benzene rings is 1. The zero-order chi connectivity index (χ0) is 13.3. The second-order valence-electron chi connectivity index (χ2n) is 4.19. The molecular weight excluding hydrogens is 321 g/mol. The first kappa shape index (κ1) is 13.4. The van der Waals surface area contributed by atoms with Crippen molar-refractivity contribution >= 4 is 39.9 Å². The summed E-state index contributed by atoms with van der Waals surface area (Å²) in [5, 5.41) is 9.69. The molecule has 1 unspecified atom stereocenters. The lowest BCUT2D eigenvalue weighted by Gasteiger charge is -2.26. The highest BCUT2D eigenvalue weighted by molar-refractivity contribution is 9.10. The maximum Gasteiger partial charge on any atom is 0.331 e. The molecule has 96 valence electrons. The van der Waals surface area contributed by atoms with Gasteiger partial charge in [0.1, 0.15) is 0 Å². The van der Waals surface area contributed by atoms with E-state index in [4.69, 9.17) is 11.6 Å². The van der Waals surface area contributed by atoms with E-state index in [1.54, 1.807) is 18.2 Å². The summed E-state index contributed by atoms with van der Waals surface area (Å²) in [6, 6.07) is 3.97. The highest BCUT2D eigenvalue weighted by atomic mass is 79.9. The van der Waals surface area contributed by atoms with Gasteiger partial charge >= 0.3 is 5.97 Å². The van der Waals surface area contributed by atoms with Gasteiger partial charge in [0.25, 0.3) is 0 Å². The minimum atomic E-state index is -1.08. The molecule has 0 spiro atoms. The molecule has 0 radical (unpaired) electrons. The van der Waals surface area contributed by atoms with Gasteiger partial charge in [-0.25, -0.2) is 4.79 Å². The van der Waals surface area contributed by atoms with Gasteiger partial charge in [-0.3, -0.25) is 4.79 Å². The molecule has 0 aromatic heterocycles. The fourth-order valence-corrected chi connectivity index (χ4v) is 2.48. The van der Waals surface area contributed by atoms with Crippen LogP contribution in [-0.4, -0.2) is 28.4 Å². The molecule has 1 aromatic rings. The quantitative estimate of drug-likeness (QED) is 0.844. The van der Waals surface area contributed by atoms with Crippen molar-refractivity contribution in [2.24, 2.45) is 0 Å². The normalized spacial score (nSPS) is 16.1. The van der Waals surface area contributed by atoms with Crippen molar-refractivity contribution in [2.45, 2.75) is 24.9 Å². The number of carbonyl (C=O) groups is 2. The van der Waals surface area contributed by atoms with Crippen molar-refractivity contribution < 1.29 is 14.7 Å². The number of halogens is 2. The molecule has 1 fully saturated rings. The highest BCUT2D eigenvalue weighted by Gasteiger charge is 2.38. The third-order valence-electron chi connectivity index (χ3n) is 2.87. The maximum atomic E-state index is 11.4. The summed E-state index contributed by atoms with van der Waals surface area (Å²) < 4.78 is 0.731. The van der Waals surface area contributed by atoms with E-state index in [2.05, 4.69) is 15.9 Å². The number of rotatable bonds is 5. The molecule has 6 heteroatoms. The summed E-state index contributed by atoms with van der Waals surface area (Å²) in [7, 11) is 0. The Labute approximate surface area is 118 Å². The average molecular weight is 333 g/mol. The topological polar surface area (TPSA) is 57.6 Å². The van der Waals surface area contributed by atoms with E-state index in [-0.39, 0.29) is 6.04 Å². The monoisotopic (exact) mass is 331 g/mol. The second kappa shape index (κ2) is 5.28. The first-order valence-corrected chi connectivity index (χ1v) is 6.62. The van der Waals surface area contributed by atoms with Crippen LogP contribution in [0.1, 0.15) is 24.4 Å². The lowest BCUT2D eigenvalue weighted by Crippen LogP contribution is -2.35. The standard InChI is InChI=1S/C12H11BrClNO3/c13-7-1-4-10(14)9(5-7)11(12(17)18)15(6-16)8-2-3-8/h1,4-6,8,11H,2-3H2,(H,17,18). The summed E-state index contributed by atoms with van der Waals surface area (Å²) >= 11 is 9.31. The largest absolute Gasteiger partial charge is 0.479 e. The molecule has 0 bridgehead atoms. The van der Waals surface area contributed by atoms with E-state index in [0.29, 0.717) is 17.0 Å². The summed E-state index contributed by atoms with van der Waals surface area (Å²) in [5.74, 6) is -1.08. The van der Waals surface area contributed by atoms with Crippen LogP contribution in [0.15, 0.2) is 22.7 Å². The first-order valence-electron chi connectivity index (χ1n) is 5.45. The van der Waals surface area contributed by atoms with Gasteiger partial charge in [0.15, 0.2) is 6.04 Å². The third-order valence-corrected chi connectivity index (χ3v) is 3.71. The van der Waals surface area contributed by atoms with Crippen molar-refractivity contribution in [1.82, 2.24) is 4.90 Å². The number of carbonyl (C=O) groups excluding carboxylic acids is 1. The summed E-state index contributed by atoms with van der Waals surface area (Å²) in [6.45, 7) is 0. The molecule has 0 aliphatic heterocycles. The Morgan fingerprint density at radius 1 is 1.56 bits per heavy atom. The molecule has 1 aliphatic carbocycles. The smallest absolute Gasteiger partial charge is 0.331 e. The van der Waals surface area contributed by atoms with E-state index in [1.807, 2.05) is 0 Å². The molecule has 2 rings (SSSR count). The van der Waals surface area contributed by atoms with Gasteiger partial charge in [-0.15, -0.1) is 0 Å². The molecule has 1 aliphatic rings. The molecule has 1 saturated carbocycles. The van der Waals surface area contributed by atoms with Crippen LogP contribution in [0.3, 0.4) is 0 Å². The summed E-state index contributed by atoms with van der Waals surface area (Å²) in [6.07, 6.45) is 2.27. The second-order valence-corrected chi connectivity index (χ2v) is 5.51. The van der Waals surface area contributed by atoms with E-state index in [9.17, 15) is 14.7 Å². The molecule has 0 heterocycles. The SMILES string of the molecule is O=CN(C1CC1)C(C(=O)O)c1cc(Br)ccc1Cl. The number of amides is 1. The molecule has 1 amide bonds. The predicted octanol–water partition coefficient (Wildman–Crippen LogP) is 2.85. The lowest BCUT2D eigenvalue weighted by molar-refractivity contribution is -0.147. The molecule has 1 atom stereocenters. The Morgan fingerprint density at radius 3 is 2.72 bits per heavy atom. The molecule has 18 heavy (non-hydrogen) atoms. The van der Waals surface area contributed by atoms with E-state index in [1.165, 1.54) is 4.90 Å². The average Bonchev–Trinajstić information content (AvgIpc) is 3.13. The van der Waals surface area contributed by atoms with Crippen molar-refractivity contribution in [3.05, 3.63) is 33.3 Å². The maximum absolute atomic E-state index is 11.4. The number of aliphatic carboxylic acids is 1. The van der Waals surface area contributed by atoms with E-state index >= 15 is 0 Å². The van der Waals surface area contributed by atoms with Gasteiger partial charge in [-0.05, 0) is 31.0 Å². The number of nitrogens with zero attached hydrogens (tertiary/aromatic N) is 1. The highest BCUT2D eigenvalue weighted by Crippen LogP contribution is 2.36. The van der Waals surface area contributed by atoms with Crippen LogP contribution in [-0.2, 0) is 9.59 Å². The molecule has 1 aromatic carbocycles. The van der Waals surface area contributed by atoms with Crippen molar-refractivity contribution in [3.63, 3.8) is 0 Å². The van der Waals surface area contributed by atoms with Crippen LogP contribution < -0.4 is 0 Å². The lowest BCUT2D eigenvalue weighted by atomic mass is 10.1. The van der Waals surface area contributed by atoms with E-state index in [0.717, 1.165) is 17.3 Å². The molecule has 4 nitrogen and oxygen atoms in total. The fraction of sp³-hybridized carbons (Fsp3) is 0.333. The van der Waals surface area contributed by atoms with Gasteiger partial charge < -0.3 is 10.0 Å². The Bertz CT molecular complexity index is 490. The summed E-state index contributed by atoms with van der Waals surface area (Å²) in [4.78, 5) is 23.9. The van der Waals surface area contributed by atoms with Crippen molar-refractivity contribution in [1.29, 1.82) is 0 Å². The van der Waals surface area contributed by atoms with Crippen LogP contribution in [0.25, 0.3) is 0 Å². The molecular formula is C12H11BrClNO3. The van der Waals surface area contributed by atoms with Crippen LogP contribution in [0.4, 0.5) is 0 Å². The minimum absolute atomic E-state index is 0.0126. The van der Waals surface area contributed by atoms with Crippen LogP contribution in [0, 0.1) is 0 Å². The number of hydrogen-bond acceptors (Lipinski definition) is 2. The Balaban J connectivity index is 2.43. The Hall–Kier alpha value is -1.07. The Kier molecular flexibility index (Phi) is 3.92. The number of carboxylic acids is 1. The first-order chi connectivity index (χ1) is 8.54. The summed E-state index contributed by atoms with van der Waals surface area (Å²) in [5.41, 5.74) is 0.428. The predicted molar refractivity (Wildman–Crippen MR) is 70.5 cm³/mol. The van der Waals surface area contributed by atoms with Crippen LogP contribution in [0.2, 0.25) is 5.02 Å². The van der Waals surface area contributed by atoms with E-state index < -0.39 is 12.0 Å². The Morgan fingerprint density at radius 2 is 2.22 bits per heavy atom. The zero-order valence-corrected chi connectivity index (χ0v) is 11.7. The van der Waals surface area contributed by atoms with Crippen LogP contribution >= 0.6 is 27.5 Å². The minimum Gasteiger partial charge on any atom is -0.479 e. The van der Waals surface area contributed by atoms with Crippen molar-refractivity contribution in [3.8, 4) is 0 Å². The van der Waals surface area contributed by atoms with Gasteiger partial charge in [0.05, 0.1) is 0 Å². The van der Waals surface area contributed by atoms with Gasteiger partial charge in [-0.2, -0.15) is 0 Å². The number of carboxylic acid groups (broad SMARTS) is 1. The van der Waals surface area contributed by atoms with Gasteiger partial charge in [0, 0.05) is 21.1 Å². The third kappa shape index (κ3) is 2.67. The zero-order valence-electron chi connectivity index (χ0n) is 9.35. The van der Waals surface area contributed by atoms with Gasteiger partial charge in [-0.1, -0.05) is 27.5 Å². The van der Waals surface area contributed by atoms with Gasteiger partial charge in [0.2, 0.25) is 6.41 Å². The van der Waals surface area contributed by atoms with Crippen molar-refractivity contribution in [2.75, 3.05) is 0 Å². The number of hydrogen-bond donors (Lipinski definition) is 1.